The molecule has 0 heterocycles. The monoisotopic (exact) mass is 436 g/mol. The summed E-state index contributed by atoms with van der Waals surface area (Å²) in [6.07, 6.45) is -5.96. The normalized spacial score (nSPS) is 14.9. The third-order valence-corrected chi connectivity index (χ3v) is 4.85. The molecule has 0 unspecified atom stereocenters. The van der Waals surface area contributed by atoms with E-state index in [1.165, 1.54) is 6.07 Å². The molecule has 1 rings (SSSR count). The number of hydrogen-bond acceptors (Lipinski definition) is 3. The highest BCUT2D eigenvalue weighted by atomic mass is 32.2. The Kier molecular flexibility index (Phi) is 5.95. The highest BCUT2D eigenvalue weighted by Gasteiger charge is 2.79. The van der Waals surface area contributed by atoms with Crippen molar-refractivity contribution in [3.05, 3.63) is 29.3 Å². The summed E-state index contributed by atoms with van der Waals surface area (Å²) in [5.41, 5.74) is -1.13. The molecule has 1 N–H and O–H groups in total. The smallest absolute Gasteiger partial charge is 0.428 e. The predicted molar refractivity (Wildman–Crippen MR) is 90.9 cm³/mol. The number of halogens is 6. The maximum atomic E-state index is 14.1. The molecule has 0 amide bonds. The van der Waals surface area contributed by atoms with E-state index in [1.54, 1.807) is 47.6 Å². The molecule has 0 saturated carbocycles. The van der Waals surface area contributed by atoms with E-state index in [4.69, 9.17) is 4.55 Å². The van der Waals surface area contributed by atoms with Gasteiger partial charge in [0.2, 0.25) is 0 Å². The molecular weight excluding hydrogens is 414 g/mol. The average molecular weight is 436 g/mol. The first-order valence-corrected chi connectivity index (χ1v) is 9.44. The van der Waals surface area contributed by atoms with Crippen molar-refractivity contribution in [2.45, 2.75) is 69.7 Å². The molecule has 28 heavy (non-hydrogen) atoms. The van der Waals surface area contributed by atoms with Crippen molar-refractivity contribution in [1.82, 2.24) is 0 Å². The molecule has 0 bridgehead atoms. The molecule has 1 aromatic carbocycles. The Bertz CT molecular complexity index is 836. The second-order valence-corrected chi connectivity index (χ2v) is 9.86. The van der Waals surface area contributed by atoms with Crippen molar-refractivity contribution in [1.29, 1.82) is 0 Å². The minimum Gasteiger partial charge on any atom is -0.428 e. The lowest BCUT2D eigenvalue weighted by Crippen LogP contribution is -2.60. The van der Waals surface area contributed by atoms with Crippen molar-refractivity contribution in [2.75, 3.05) is 0 Å². The summed E-state index contributed by atoms with van der Waals surface area (Å²) in [6.45, 7) is 9.74. The summed E-state index contributed by atoms with van der Waals surface area (Å²) in [7, 11) is -6.85. The molecule has 0 spiro atoms. The molecule has 0 radical (unpaired) electrons. The Hall–Kier alpha value is -1.49. The quantitative estimate of drug-likeness (QED) is 0.498. The lowest BCUT2D eigenvalue weighted by Gasteiger charge is -2.33. The van der Waals surface area contributed by atoms with Gasteiger partial charge in [-0.15, -0.1) is 0 Å². The van der Waals surface area contributed by atoms with Crippen LogP contribution >= 0.6 is 0 Å². The van der Waals surface area contributed by atoms with E-state index in [1.807, 2.05) is 0 Å². The van der Waals surface area contributed by atoms with E-state index < -0.39 is 44.0 Å². The van der Waals surface area contributed by atoms with Gasteiger partial charge in [-0.1, -0.05) is 53.7 Å². The van der Waals surface area contributed by atoms with Gasteiger partial charge in [-0.2, -0.15) is 34.8 Å². The minimum absolute atomic E-state index is 0.00569. The lowest BCUT2D eigenvalue weighted by molar-refractivity contribution is -0.353. The van der Waals surface area contributed by atoms with Crippen LogP contribution in [-0.2, 0) is 20.9 Å². The standard InChI is InChI=1S/C17H22F6O4S/c1-13(2,3)10-7-8-11(14(4,5)6)12(9-10)27-16(20,21)15(18,19)17(22,23)28(24,25)26/h7-9H,1-6H3,(H,24,25,26). The van der Waals surface area contributed by atoms with Crippen LogP contribution < -0.4 is 4.74 Å². The molecular formula is C17H22F6O4S. The van der Waals surface area contributed by atoms with Crippen LogP contribution in [0.4, 0.5) is 26.3 Å². The van der Waals surface area contributed by atoms with Crippen LogP contribution in [0.25, 0.3) is 0 Å². The Labute approximate surface area is 159 Å². The summed E-state index contributed by atoms with van der Waals surface area (Å²) in [5, 5.41) is -6.48. The van der Waals surface area contributed by atoms with Crippen molar-refractivity contribution in [2.24, 2.45) is 0 Å². The van der Waals surface area contributed by atoms with Crippen molar-refractivity contribution >= 4 is 10.1 Å². The van der Waals surface area contributed by atoms with Gasteiger partial charge in [0.05, 0.1) is 0 Å². The fourth-order valence-electron chi connectivity index (χ4n) is 2.23. The van der Waals surface area contributed by atoms with Crippen LogP contribution in [-0.4, -0.2) is 30.3 Å². The van der Waals surface area contributed by atoms with Gasteiger partial charge >= 0.3 is 27.4 Å². The average Bonchev–Trinajstić information content (AvgIpc) is 2.42. The third kappa shape index (κ3) is 4.40. The Morgan fingerprint density at radius 2 is 1.32 bits per heavy atom. The van der Waals surface area contributed by atoms with Gasteiger partial charge in [0.25, 0.3) is 0 Å². The Morgan fingerprint density at radius 1 is 0.857 bits per heavy atom. The van der Waals surface area contributed by atoms with Crippen molar-refractivity contribution in [3.8, 4) is 5.75 Å². The molecule has 0 aromatic heterocycles. The fraction of sp³-hybridized carbons (Fsp3) is 0.647. The van der Waals surface area contributed by atoms with E-state index in [-0.39, 0.29) is 5.56 Å². The topological polar surface area (TPSA) is 63.6 Å². The zero-order valence-electron chi connectivity index (χ0n) is 16.1. The molecule has 0 aliphatic carbocycles. The minimum atomic E-state index is -6.85. The number of ether oxygens (including phenoxy) is 1. The molecule has 11 heteroatoms. The van der Waals surface area contributed by atoms with E-state index in [0.29, 0.717) is 5.56 Å². The van der Waals surface area contributed by atoms with Gasteiger partial charge in [0.1, 0.15) is 5.75 Å². The fourth-order valence-corrected chi connectivity index (χ4v) is 2.67. The first-order chi connectivity index (χ1) is 12.1. The molecule has 0 aliphatic rings. The second-order valence-electron chi connectivity index (χ2n) is 8.40. The summed E-state index contributed by atoms with van der Waals surface area (Å²) in [4.78, 5) is 0. The van der Waals surface area contributed by atoms with Gasteiger partial charge in [-0.05, 0) is 28.0 Å². The SMILES string of the molecule is CC(C)(C)c1ccc(C(C)(C)C)c(OC(F)(F)C(F)(F)C(F)(F)S(=O)(=O)O)c1. The van der Waals surface area contributed by atoms with Gasteiger partial charge in [0.15, 0.2) is 0 Å². The molecule has 4 nitrogen and oxygen atoms in total. The van der Waals surface area contributed by atoms with Crippen molar-refractivity contribution in [3.63, 3.8) is 0 Å². The molecule has 0 atom stereocenters. The van der Waals surface area contributed by atoms with Gasteiger partial charge in [-0.25, -0.2) is 0 Å². The zero-order valence-corrected chi connectivity index (χ0v) is 16.9. The van der Waals surface area contributed by atoms with Gasteiger partial charge in [-0.3, -0.25) is 4.55 Å². The highest BCUT2D eigenvalue weighted by molar-refractivity contribution is 7.87. The largest absolute Gasteiger partial charge is 0.472 e. The van der Waals surface area contributed by atoms with Crippen LogP contribution in [0.5, 0.6) is 5.75 Å². The van der Waals surface area contributed by atoms with E-state index >= 15 is 0 Å². The van der Waals surface area contributed by atoms with E-state index in [2.05, 4.69) is 4.74 Å². The maximum absolute atomic E-state index is 14.1. The van der Waals surface area contributed by atoms with Gasteiger partial charge < -0.3 is 4.74 Å². The first kappa shape index (κ1) is 24.5. The Morgan fingerprint density at radius 3 is 1.68 bits per heavy atom. The van der Waals surface area contributed by atoms with E-state index in [0.717, 1.165) is 6.07 Å². The second kappa shape index (κ2) is 6.79. The number of benzene rings is 1. The lowest BCUT2D eigenvalue weighted by atomic mass is 9.81. The number of alkyl halides is 6. The summed E-state index contributed by atoms with van der Waals surface area (Å²) in [6, 6.07) is 3.90. The third-order valence-electron chi connectivity index (χ3n) is 3.95. The zero-order chi connectivity index (χ0) is 22.6. The van der Waals surface area contributed by atoms with E-state index in [9.17, 15) is 34.8 Å². The van der Waals surface area contributed by atoms with Crippen LogP contribution in [0, 0.1) is 0 Å². The predicted octanol–water partition coefficient (Wildman–Crippen LogP) is 5.37. The number of rotatable bonds is 5. The van der Waals surface area contributed by atoms with Crippen LogP contribution in [0.1, 0.15) is 52.7 Å². The highest BCUT2D eigenvalue weighted by Crippen LogP contribution is 2.50. The van der Waals surface area contributed by atoms with Crippen molar-refractivity contribution < 1.29 is 44.0 Å². The van der Waals surface area contributed by atoms with Crippen LogP contribution in [0.2, 0.25) is 0 Å². The molecule has 1 aromatic rings. The summed E-state index contributed by atoms with van der Waals surface area (Å²) in [5.74, 6) is -7.36. The molecule has 0 saturated heterocycles. The maximum Gasteiger partial charge on any atom is 0.472 e. The summed E-state index contributed by atoms with van der Waals surface area (Å²) >= 11 is 0. The molecule has 0 fully saturated rings. The first-order valence-electron chi connectivity index (χ1n) is 8.00. The molecule has 162 valence electrons. The Balaban J connectivity index is 3.60. The number of hydrogen-bond donors (Lipinski definition) is 1. The summed E-state index contributed by atoms with van der Waals surface area (Å²) < 4.78 is 116. The van der Waals surface area contributed by atoms with Crippen LogP contribution in [0.15, 0.2) is 18.2 Å². The van der Waals surface area contributed by atoms with Crippen LogP contribution in [0.3, 0.4) is 0 Å². The van der Waals surface area contributed by atoms with Gasteiger partial charge in [0, 0.05) is 0 Å². The molecule has 0 aliphatic heterocycles.